The standard InChI is InChI=1S/C11H19NO4S/c1-16-5-6-17-8-10(13)12-4-2-3-9(7-12)11(14)15/h9H,2-8H2,1H3,(H,14,15). The lowest BCUT2D eigenvalue weighted by Crippen LogP contribution is -2.43. The van der Waals surface area contributed by atoms with Crippen LogP contribution in [0.4, 0.5) is 0 Å². The Bertz CT molecular complexity index is 272. The van der Waals surface area contributed by atoms with Crippen molar-refractivity contribution in [2.45, 2.75) is 12.8 Å². The number of methoxy groups -OCH3 is 1. The minimum absolute atomic E-state index is 0.0389. The normalized spacial score (nSPS) is 20.3. The Balaban J connectivity index is 2.28. The minimum atomic E-state index is -0.797. The number of carboxylic acids is 1. The highest BCUT2D eigenvalue weighted by molar-refractivity contribution is 7.99. The van der Waals surface area contributed by atoms with Crippen molar-refractivity contribution in [3.8, 4) is 0 Å². The summed E-state index contributed by atoms with van der Waals surface area (Å²) in [5, 5.41) is 8.92. The summed E-state index contributed by atoms with van der Waals surface area (Å²) in [4.78, 5) is 24.3. The van der Waals surface area contributed by atoms with Crippen LogP contribution in [0.15, 0.2) is 0 Å². The van der Waals surface area contributed by atoms with Crippen LogP contribution in [0.1, 0.15) is 12.8 Å². The van der Waals surface area contributed by atoms with Crippen molar-refractivity contribution in [2.24, 2.45) is 5.92 Å². The van der Waals surface area contributed by atoms with Gasteiger partial charge in [0.15, 0.2) is 0 Å². The first-order valence-corrected chi connectivity index (χ1v) is 6.88. The number of likely N-dealkylation sites (tertiary alicyclic amines) is 1. The van der Waals surface area contributed by atoms with Gasteiger partial charge >= 0.3 is 5.97 Å². The van der Waals surface area contributed by atoms with Crippen molar-refractivity contribution in [3.63, 3.8) is 0 Å². The van der Waals surface area contributed by atoms with Crippen LogP contribution in [0.3, 0.4) is 0 Å². The first kappa shape index (κ1) is 14.3. The highest BCUT2D eigenvalue weighted by atomic mass is 32.2. The monoisotopic (exact) mass is 261 g/mol. The Labute approximate surface area is 105 Å². The second-order valence-electron chi connectivity index (χ2n) is 4.06. The zero-order valence-corrected chi connectivity index (χ0v) is 10.9. The van der Waals surface area contributed by atoms with E-state index in [4.69, 9.17) is 9.84 Å². The molecule has 1 amide bonds. The Morgan fingerprint density at radius 3 is 2.94 bits per heavy atom. The van der Waals surface area contributed by atoms with E-state index in [1.165, 1.54) is 11.8 Å². The number of aliphatic carboxylic acids is 1. The van der Waals surface area contributed by atoms with E-state index in [1.54, 1.807) is 12.0 Å². The SMILES string of the molecule is COCCSCC(=O)N1CCCC(C(=O)O)C1. The van der Waals surface area contributed by atoms with Crippen molar-refractivity contribution >= 4 is 23.6 Å². The molecule has 1 saturated heterocycles. The summed E-state index contributed by atoms with van der Waals surface area (Å²) >= 11 is 1.53. The smallest absolute Gasteiger partial charge is 0.308 e. The van der Waals surface area contributed by atoms with Gasteiger partial charge < -0.3 is 14.7 Å². The molecule has 0 spiro atoms. The molecule has 1 fully saturated rings. The fourth-order valence-electron chi connectivity index (χ4n) is 1.80. The molecule has 0 aliphatic carbocycles. The summed E-state index contributed by atoms with van der Waals surface area (Å²) in [6.07, 6.45) is 1.46. The molecule has 0 radical (unpaired) electrons. The zero-order valence-electron chi connectivity index (χ0n) is 10.1. The maximum atomic E-state index is 11.8. The van der Waals surface area contributed by atoms with Gasteiger partial charge in [0, 0.05) is 26.0 Å². The van der Waals surface area contributed by atoms with E-state index in [0.717, 1.165) is 12.2 Å². The van der Waals surface area contributed by atoms with Gasteiger partial charge in [-0.25, -0.2) is 0 Å². The van der Waals surface area contributed by atoms with Crippen LogP contribution in [-0.2, 0) is 14.3 Å². The first-order chi connectivity index (χ1) is 8.15. The molecule has 6 heteroatoms. The number of thioether (sulfide) groups is 1. The molecule has 1 rings (SSSR count). The van der Waals surface area contributed by atoms with Gasteiger partial charge in [-0.15, -0.1) is 11.8 Å². The van der Waals surface area contributed by atoms with Crippen molar-refractivity contribution in [3.05, 3.63) is 0 Å². The Kier molecular flexibility index (Phi) is 6.36. The maximum absolute atomic E-state index is 11.8. The summed E-state index contributed by atoms with van der Waals surface area (Å²) in [5.41, 5.74) is 0. The third kappa shape index (κ3) is 4.95. The third-order valence-electron chi connectivity index (χ3n) is 2.78. The van der Waals surface area contributed by atoms with Gasteiger partial charge in [0.05, 0.1) is 18.3 Å². The molecule has 1 heterocycles. The molecule has 0 aromatic rings. The van der Waals surface area contributed by atoms with Gasteiger partial charge in [-0.1, -0.05) is 0 Å². The molecule has 0 aromatic carbocycles. The molecule has 1 unspecified atom stereocenters. The van der Waals surface area contributed by atoms with E-state index >= 15 is 0 Å². The van der Waals surface area contributed by atoms with Gasteiger partial charge in [-0.2, -0.15) is 0 Å². The van der Waals surface area contributed by atoms with Gasteiger partial charge in [0.2, 0.25) is 5.91 Å². The largest absolute Gasteiger partial charge is 0.481 e. The van der Waals surface area contributed by atoms with Crippen molar-refractivity contribution in [2.75, 3.05) is 38.3 Å². The van der Waals surface area contributed by atoms with Crippen LogP contribution >= 0.6 is 11.8 Å². The Morgan fingerprint density at radius 1 is 1.53 bits per heavy atom. The predicted molar refractivity (Wildman–Crippen MR) is 66.1 cm³/mol. The summed E-state index contributed by atoms with van der Waals surface area (Å²) in [6.45, 7) is 1.68. The van der Waals surface area contributed by atoms with Gasteiger partial charge in [-0.05, 0) is 12.8 Å². The highest BCUT2D eigenvalue weighted by Crippen LogP contribution is 2.17. The molecule has 0 saturated carbocycles. The minimum Gasteiger partial charge on any atom is -0.481 e. The van der Waals surface area contributed by atoms with Crippen molar-refractivity contribution in [1.29, 1.82) is 0 Å². The number of piperidine rings is 1. The number of carboxylic acid groups (broad SMARTS) is 1. The lowest BCUT2D eigenvalue weighted by atomic mass is 9.98. The van der Waals surface area contributed by atoms with E-state index in [0.29, 0.717) is 31.9 Å². The fraction of sp³-hybridized carbons (Fsp3) is 0.818. The van der Waals surface area contributed by atoms with E-state index < -0.39 is 11.9 Å². The van der Waals surface area contributed by atoms with Crippen molar-refractivity contribution < 1.29 is 19.4 Å². The number of carbonyl (C=O) groups is 2. The van der Waals surface area contributed by atoms with Crippen LogP contribution in [-0.4, -0.2) is 60.2 Å². The molecule has 1 N–H and O–H groups in total. The number of nitrogens with zero attached hydrogens (tertiary/aromatic N) is 1. The zero-order chi connectivity index (χ0) is 12.7. The number of ether oxygens (including phenoxy) is 1. The van der Waals surface area contributed by atoms with Crippen LogP contribution in [0.2, 0.25) is 0 Å². The average Bonchev–Trinajstić information content (AvgIpc) is 2.34. The lowest BCUT2D eigenvalue weighted by molar-refractivity contribution is -0.145. The van der Waals surface area contributed by atoms with Gasteiger partial charge in [0.1, 0.15) is 0 Å². The molecule has 17 heavy (non-hydrogen) atoms. The van der Waals surface area contributed by atoms with Gasteiger partial charge in [0.25, 0.3) is 0 Å². The van der Waals surface area contributed by atoms with Crippen LogP contribution in [0, 0.1) is 5.92 Å². The van der Waals surface area contributed by atoms with E-state index in [-0.39, 0.29) is 5.91 Å². The summed E-state index contributed by atoms with van der Waals surface area (Å²) in [7, 11) is 1.63. The average molecular weight is 261 g/mol. The van der Waals surface area contributed by atoms with E-state index in [2.05, 4.69) is 0 Å². The molecular weight excluding hydrogens is 242 g/mol. The predicted octanol–water partition coefficient (Wildman–Crippen LogP) is 0.689. The molecule has 0 aromatic heterocycles. The quantitative estimate of drug-likeness (QED) is 0.713. The third-order valence-corrected chi connectivity index (χ3v) is 3.69. The topological polar surface area (TPSA) is 66.8 Å². The number of carbonyl (C=O) groups excluding carboxylic acids is 1. The second kappa shape index (κ2) is 7.55. The lowest BCUT2D eigenvalue weighted by Gasteiger charge is -2.30. The molecule has 0 bridgehead atoms. The molecule has 1 aliphatic rings. The second-order valence-corrected chi connectivity index (χ2v) is 5.17. The maximum Gasteiger partial charge on any atom is 0.308 e. The number of hydrogen-bond acceptors (Lipinski definition) is 4. The van der Waals surface area contributed by atoms with E-state index in [9.17, 15) is 9.59 Å². The molecule has 1 atom stereocenters. The van der Waals surface area contributed by atoms with Crippen LogP contribution in [0.25, 0.3) is 0 Å². The fourth-order valence-corrected chi connectivity index (χ4v) is 2.58. The molecule has 98 valence electrons. The van der Waals surface area contributed by atoms with Crippen LogP contribution < -0.4 is 0 Å². The summed E-state index contributed by atoms with van der Waals surface area (Å²) < 4.78 is 4.89. The Hall–Kier alpha value is -0.750. The van der Waals surface area contributed by atoms with Gasteiger partial charge in [-0.3, -0.25) is 9.59 Å². The highest BCUT2D eigenvalue weighted by Gasteiger charge is 2.27. The summed E-state index contributed by atoms with van der Waals surface area (Å²) in [5.74, 6) is 0.0528. The molecule has 5 nitrogen and oxygen atoms in total. The van der Waals surface area contributed by atoms with E-state index in [1.807, 2.05) is 0 Å². The van der Waals surface area contributed by atoms with Crippen molar-refractivity contribution in [1.82, 2.24) is 4.90 Å². The number of rotatable bonds is 6. The Morgan fingerprint density at radius 2 is 2.29 bits per heavy atom. The molecule has 1 aliphatic heterocycles. The number of amides is 1. The first-order valence-electron chi connectivity index (χ1n) is 5.72. The molecular formula is C11H19NO4S. The summed E-state index contributed by atoms with van der Waals surface area (Å²) in [6, 6.07) is 0. The number of hydrogen-bond donors (Lipinski definition) is 1. The van der Waals surface area contributed by atoms with Crippen LogP contribution in [0.5, 0.6) is 0 Å².